The first-order valence-electron chi connectivity index (χ1n) is 11.9. The largest absolute Gasteiger partial charge is 0.462 e. The highest BCUT2D eigenvalue weighted by molar-refractivity contribution is 7.92. The van der Waals surface area contributed by atoms with Crippen molar-refractivity contribution in [1.29, 1.82) is 0 Å². The molecule has 0 saturated carbocycles. The molecule has 198 valence electrons. The molecule has 2 heterocycles. The molecule has 0 unspecified atom stereocenters. The molecule has 2 aromatic heterocycles. The van der Waals surface area contributed by atoms with Gasteiger partial charge >= 0.3 is 5.97 Å². The number of hydrogen-bond acceptors (Lipinski definition) is 8. The summed E-state index contributed by atoms with van der Waals surface area (Å²) in [6, 6.07) is 21.9. The average molecular weight is 578 g/mol. The molecular formula is C28H23N3O5S3. The fourth-order valence-electron chi connectivity index (χ4n) is 3.97. The Bertz CT molecular complexity index is 1760. The smallest absolute Gasteiger partial charge is 0.348 e. The SMILES string of the molecule is CCOC(=O)c1sc(NC(=O)c2ccccc2NS(=O)(=O)c2ccccc2)c(-c2nc3ccccc3s2)c1C. The van der Waals surface area contributed by atoms with Crippen LogP contribution in [0.5, 0.6) is 0 Å². The number of nitrogens with zero attached hydrogens (tertiary/aromatic N) is 1. The van der Waals surface area contributed by atoms with Crippen molar-refractivity contribution >= 4 is 65.5 Å². The highest BCUT2D eigenvalue weighted by atomic mass is 32.2. The van der Waals surface area contributed by atoms with Gasteiger partial charge in [0.05, 0.1) is 33.0 Å². The average Bonchev–Trinajstić information content (AvgIpc) is 3.49. The molecule has 3 aromatic carbocycles. The third-order valence-electron chi connectivity index (χ3n) is 5.81. The van der Waals surface area contributed by atoms with Gasteiger partial charge < -0.3 is 10.1 Å². The number of rotatable bonds is 8. The Morgan fingerprint density at radius 1 is 0.923 bits per heavy atom. The maximum absolute atomic E-state index is 13.6. The highest BCUT2D eigenvalue weighted by Crippen LogP contribution is 2.44. The van der Waals surface area contributed by atoms with Gasteiger partial charge in [-0.05, 0) is 55.8 Å². The van der Waals surface area contributed by atoms with Gasteiger partial charge in [-0.2, -0.15) is 0 Å². The molecule has 0 spiro atoms. The summed E-state index contributed by atoms with van der Waals surface area (Å²) in [5.41, 5.74) is 2.32. The summed E-state index contributed by atoms with van der Waals surface area (Å²) in [5.74, 6) is -1.03. The van der Waals surface area contributed by atoms with Crippen molar-refractivity contribution in [3.63, 3.8) is 0 Å². The third-order valence-corrected chi connectivity index (χ3v) is 9.43. The molecule has 5 aromatic rings. The van der Waals surface area contributed by atoms with Crippen molar-refractivity contribution in [2.24, 2.45) is 0 Å². The summed E-state index contributed by atoms with van der Waals surface area (Å²) in [4.78, 5) is 31.4. The van der Waals surface area contributed by atoms with E-state index in [0.717, 1.165) is 21.6 Å². The molecule has 8 nitrogen and oxygen atoms in total. The number of esters is 1. The summed E-state index contributed by atoms with van der Waals surface area (Å²) < 4.78 is 34.6. The second kappa shape index (κ2) is 11.0. The molecule has 11 heteroatoms. The van der Waals surface area contributed by atoms with Crippen LogP contribution in [0.3, 0.4) is 0 Å². The van der Waals surface area contributed by atoms with Gasteiger partial charge in [0.15, 0.2) is 0 Å². The van der Waals surface area contributed by atoms with Gasteiger partial charge in [-0.3, -0.25) is 9.52 Å². The Hall–Kier alpha value is -4.06. The van der Waals surface area contributed by atoms with Gasteiger partial charge in [-0.25, -0.2) is 18.2 Å². The van der Waals surface area contributed by atoms with Crippen LogP contribution in [-0.4, -0.2) is 31.9 Å². The number of amides is 1. The van der Waals surface area contributed by atoms with E-state index in [4.69, 9.17) is 9.72 Å². The topological polar surface area (TPSA) is 114 Å². The molecule has 39 heavy (non-hydrogen) atoms. The molecule has 0 atom stereocenters. The van der Waals surface area contributed by atoms with Crippen molar-refractivity contribution in [3.8, 4) is 10.6 Å². The van der Waals surface area contributed by atoms with Crippen molar-refractivity contribution in [1.82, 2.24) is 4.98 Å². The van der Waals surface area contributed by atoms with Crippen LogP contribution in [0.4, 0.5) is 10.7 Å². The van der Waals surface area contributed by atoms with Crippen LogP contribution < -0.4 is 10.0 Å². The number of thiazole rings is 1. The van der Waals surface area contributed by atoms with Gasteiger partial charge in [0, 0.05) is 5.56 Å². The molecule has 0 bridgehead atoms. The van der Waals surface area contributed by atoms with Crippen LogP contribution in [0.1, 0.15) is 32.5 Å². The number of para-hydroxylation sites is 2. The lowest BCUT2D eigenvalue weighted by atomic mass is 10.1. The predicted molar refractivity (Wildman–Crippen MR) is 155 cm³/mol. The maximum atomic E-state index is 13.6. The first-order chi connectivity index (χ1) is 18.8. The van der Waals surface area contributed by atoms with E-state index in [2.05, 4.69) is 10.0 Å². The lowest BCUT2D eigenvalue weighted by Crippen LogP contribution is -2.18. The number of thiophene rings is 1. The Morgan fingerprint density at radius 3 is 2.36 bits per heavy atom. The number of anilines is 2. The normalized spacial score (nSPS) is 11.3. The van der Waals surface area contributed by atoms with Gasteiger partial charge in [0.2, 0.25) is 0 Å². The Balaban J connectivity index is 1.53. The van der Waals surface area contributed by atoms with E-state index in [0.29, 0.717) is 26.0 Å². The number of benzene rings is 3. The molecule has 1 amide bonds. The number of fused-ring (bicyclic) bond motifs is 1. The predicted octanol–water partition coefficient (Wildman–Crippen LogP) is 6.56. The molecular weight excluding hydrogens is 555 g/mol. The number of aromatic nitrogens is 1. The minimum absolute atomic E-state index is 0.0753. The molecule has 0 fully saturated rings. The monoisotopic (exact) mass is 577 g/mol. The minimum Gasteiger partial charge on any atom is -0.462 e. The van der Waals surface area contributed by atoms with E-state index in [1.54, 1.807) is 44.2 Å². The van der Waals surface area contributed by atoms with Gasteiger partial charge in [-0.1, -0.05) is 42.5 Å². The van der Waals surface area contributed by atoms with E-state index in [1.165, 1.54) is 35.6 Å². The van der Waals surface area contributed by atoms with Gasteiger partial charge in [0.1, 0.15) is 14.9 Å². The summed E-state index contributed by atoms with van der Waals surface area (Å²) in [6.07, 6.45) is 0. The fraction of sp³-hybridized carbons (Fsp3) is 0.107. The van der Waals surface area contributed by atoms with E-state index < -0.39 is 21.9 Å². The zero-order chi connectivity index (χ0) is 27.6. The van der Waals surface area contributed by atoms with E-state index in [1.807, 2.05) is 24.3 Å². The van der Waals surface area contributed by atoms with E-state index in [9.17, 15) is 18.0 Å². The fourth-order valence-corrected chi connectivity index (χ4v) is 7.31. The molecule has 0 saturated heterocycles. The number of ether oxygens (including phenoxy) is 1. The van der Waals surface area contributed by atoms with Crippen LogP contribution in [0.25, 0.3) is 20.8 Å². The van der Waals surface area contributed by atoms with Gasteiger partial charge in [-0.15, -0.1) is 22.7 Å². The summed E-state index contributed by atoms with van der Waals surface area (Å²) >= 11 is 2.55. The second-order valence-electron chi connectivity index (χ2n) is 8.39. The van der Waals surface area contributed by atoms with E-state index >= 15 is 0 Å². The molecule has 5 rings (SSSR count). The van der Waals surface area contributed by atoms with Crippen molar-refractivity contribution < 1.29 is 22.7 Å². The third kappa shape index (κ3) is 5.42. The van der Waals surface area contributed by atoms with E-state index in [-0.39, 0.29) is 22.8 Å². The second-order valence-corrected chi connectivity index (χ2v) is 12.1. The van der Waals surface area contributed by atoms with Crippen molar-refractivity contribution in [2.45, 2.75) is 18.7 Å². The highest BCUT2D eigenvalue weighted by Gasteiger charge is 2.26. The first-order valence-corrected chi connectivity index (χ1v) is 15.0. The molecule has 0 aliphatic heterocycles. The standard InChI is InChI=1S/C28H23N3O5S3/c1-3-36-28(33)24-17(2)23(26-29-21-15-9-10-16-22(21)37-26)27(38-24)30-25(32)19-13-7-8-14-20(19)31-39(34,35)18-11-5-4-6-12-18/h4-16,31H,3H2,1-2H3,(H,30,32). The Kier molecular flexibility index (Phi) is 7.47. The van der Waals surface area contributed by atoms with Crippen LogP contribution in [0, 0.1) is 6.92 Å². The number of carbonyl (C=O) groups is 2. The number of carbonyl (C=O) groups excluding carboxylic acids is 2. The molecule has 2 N–H and O–H groups in total. The zero-order valence-corrected chi connectivity index (χ0v) is 23.4. The number of sulfonamides is 1. The van der Waals surface area contributed by atoms with Crippen LogP contribution in [0.15, 0.2) is 83.8 Å². The molecule has 0 aliphatic rings. The lowest BCUT2D eigenvalue weighted by Gasteiger charge is -2.13. The first kappa shape index (κ1) is 26.5. The van der Waals surface area contributed by atoms with Crippen molar-refractivity contribution in [2.75, 3.05) is 16.6 Å². The number of hydrogen-bond donors (Lipinski definition) is 2. The zero-order valence-electron chi connectivity index (χ0n) is 20.9. The van der Waals surface area contributed by atoms with Crippen LogP contribution in [0.2, 0.25) is 0 Å². The number of nitrogens with one attached hydrogen (secondary N) is 2. The quantitative estimate of drug-likeness (QED) is 0.202. The van der Waals surface area contributed by atoms with Crippen LogP contribution in [-0.2, 0) is 14.8 Å². The molecule has 0 radical (unpaired) electrons. The van der Waals surface area contributed by atoms with Crippen molar-refractivity contribution in [3.05, 3.63) is 94.9 Å². The Labute approximate surface area is 233 Å². The lowest BCUT2D eigenvalue weighted by molar-refractivity contribution is 0.0531. The van der Waals surface area contributed by atoms with Crippen LogP contribution >= 0.6 is 22.7 Å². The Morgan fingerprint density at radius 2 is 1.62 bits per heavy atom. The maximum Gasteiger partial charge on any atom is 0.348 e. The summed E-state index contributed by atoms with van der Waals surface area (Å²) in [5, 5.41) is 3.96. The summed E-state index contributed by atoms with van der Waals surface area (Å²) in [6.45, 7) is 3.73. The minimum atomic E-state index is -3.93. The van der Waals surface area contributed by atoms with Gasteiger partial charge in [0.25, 0.3) is 15.9 Å². The summed E-state index contributed by atoms with van der Waals surface area (Å²) in [7, 11) is -3.93. The molecule has 0 aliphatic carbocycles.